The Balaban J connectivity index is 1.80. The minimum Gasteiger partial charge on any atom is -0.337 e. The maximum Gasteiger partial charge on any atom is 0.256 e. The zero-order chi connectivity index (χ0) is 25.9. The van der Waals surface area contributed by atoms with Gasteiger partial charge < -0.3 is 10.2 Å². The average Bonchev–Trinajstić information content (AvgIpc) is 3.14. The highest BCUT2D eigenvalue weighted by molar-refractivity contribution is 7.89. The fourth-order valence-electron chi connectivity index (χ4n) is 4.07. The van der Waals surface area contributed by atoms with Crippen LogP contribution in [-0.2, 0) is 27.8 Å². The van der Waals surface area contributed by atoms with Gasteiger partial charge in [0.2, 0.25) is 15.9 Å². The summed E-state index contributed by atoms with van der Waals surface area (Å²) in [6, 6.07) is 8.06. The van der Waals surface area contributed by atoms with E-state index in [-0.39, 0.29) is 22.6 Å². The minimum absolute atomic E-state index is 0.0245. The van der Waals surface area contributed by atoms with Crippen molar-refractivity contribution < 1.29 is 18.0 Å². The van der Waals surface area contributed by atoms with Crippen LogP contribution < -0.4 is 5.32 Å². The van der Waals surface area contributed by atoms with Crippen molar-refractivity contribution >= 4 is 38.2 Å². The van der Waals surface area contributed by atoms with E-state index in [9.17, 15) is 23.3 Å². The van der Waals surface area contributed by atoms with E-state index in [2.05, 4.69) is 11.4 Å². The first kappa shape index (κ1) is 26.9. The van der Waals surface area contributed by atoms with Gasteiger partial charge in [0.15, 0.2) is 0 Å². The Morgan fingerprint density at radius 1 is 1.14 bits per heavy atom. The van der Waals surface area contributed by atoms with Gasteiger partial charge in [-0.2, -0.15) is 9.57 Å². The van der Waals surface area contributed by atoms with E-state index < -0.39 is 15.9 Å². The van der Waals surface area contributed by atoms with Crippen LogP contribution in [0.1, 0.15) is 61.0 Å². The van der Waals surface area contributed by atoms with E-state index >= 15 is 0 Å². The van der Waals surface area contributed by atoms with Crippen molar-refractivity contribution in [3.05, 3.63) is 45.8 Å². The molecule has 0 fully saturated rings. The largest absolute Gasteiger partial charge is 0.337 e. The molecule has 1 aromatic heterocycles. The van der Waals surface area contributed by atoms with Crippen molar-refractivity contribution in [3.63, 3.8) is 0 Å². The summed E-state index contributed by atoms with van der Waals surface area (Å²) in [6.45, 7) is 11.2. The van der Waals surface area contributed by atoms with Crippen molar-refractivity contribution in [2.75, 3.05) is 25.0 Å². The summed E-state index contributed by atoms with van der Waals surface area (Å²) in [4.78, 5) is 27.4. The molecule has 0 bridgehead atoms. The predicted octanol–water partition coefficient (Wildman–Crippen LogP) is 4.08. The molecule has 0 saturated heterocycles. The maximum absolute atomic E-state index is 13.2. The van der Waals surface area contributed by atoms with Crippen molar-refractivity contribution in [2.24, 2.45) is 11.8 Å². The molecule has 2 amide bonds. The average molecular weight is 517 g/mol. The second kappa shape index (κ2) is 10.9. The zero-order valence-corrected chi connectivity index (χ0v) is 22.4. The summed E-state index contributed by atoms with van der Waals surface area (Å²) >= 11 is 1.30. The van der Waals surface area contributed by atoms with Gasteiger partial charge in [-0.15, -0.1) is 11.3 Å². The number of hydrogen-bond donors (Lipinski definition) is 1. The van der Waals surface area contributed by atoms with Crippen LogP contribution in [0.2, 0.25) is 0 Å². The first-order chi connectivity index (χ1) is 16.4. The molecule has 1 aromatic carbocycles. The number of anilines is 1. The Hall–Kier alpha value is -2.74. The molecule has 2 heterocycles. The number of thiophene rings is 1. The van der Waals surface area contributed by atoms with Gasteiger partial charge in [0, 0.05) is 37.0 Å². The van der Waals surface area contributed by atoms with E-state index in [4.69, 9.17) is 0 Å². The molecule has 0 atom stereocenters. The standard InChI is InChI=1S/C25H32N4O4S2/c1-16(2)13-29(14-17(3)4)35(32,33)20-8-6-19(7-9-20)24(31)27-25-22(12-26)21-10-11-28(18(5)30)15-23(21)34-25/h6-9,16-17H,10-11,13-15H2,1-5H3,(H,27,31). The Kier molecular flexibility index (Phi) is 8.36. The van der Waals surface area contributed by atoms with Crippen LogP contribution in [0.15, 0.2) is 29.2 Å². The third-order valence-corrected chi connectivity index (χ3v) is 8.71. The van der Waals surface area contributed by atoms with E-state index in [1.54, 1.807) is 4.90 Å². The number of hydrogen-bond acceptors (Lipinski definition) is 6. The third kappa shape index (κ3) is 6.10. The molecule has 1 aliphatic rings. The second-order valence-electron chi connectivity index (χ2n) is 9.60. The number of rotatable bonds is 8. The van der Waals surface area contributed by atoms with Gasteiger partial charge in [-0.05, 0) is 48.1 Å². The number of carbonyl (C=O) groups excluding carboxylic acids is 2. The Morgan fingerprint density at radius 3 is 2.26 bits per heavy atom. The molecule has 35 heavy (non-hydrogen) atoms. The summed E-state index contributed by atoms with van der Waals surface area (Å²) in [5.74, 6) is -0.0821. The van der Waals surface area contributed by atoms with E-state index in [0.29, 0.717) is 48.7 Å². The number of carbonyl (C=O) groups is 2. The lowest BCUT2D eigenvalue weighted by atomic mass is 10.0. The van der Waals surface area contributed by atoms with Crippen molar-refractivity contribution in [3.8, 4) is 6.07 Å². The van der Waals surface area contributed by atoms with Crippen LogP contribution in [0.5, 0.6) is 0 Å². The highest BCUT2D eigenvalue weighted by Crippen LogP contribution is 2.37. The quantitative estimate of drug-likeness (QED) is 0.568. The molecule has 0 saturated carbocycles. The van der Waals surface area contributed by atoms with Crippen molar-refractivity contribution in [1.82, 2.24) is 9.21 Å². The molecule has 1 N–H and O–H groups in total. The Labute approximate surface area is 211 Å². The van der Waals surface area contributed by atoms with Gasteiger partial charge in [-0.1, -0.05) is 27.7 Å². The maximum atomic E-state index is 13.2. The molecular formula is C25H32N4O4S2. The topological polar surface area (TPSA) is 111 Å². The number of nitrogens with one attached hydrogen (secondary N) is 1. The van der Waals surface area contributed by atoms with Crippen molar-refractivity contribution in [2.45, 2.75) is 52.5 Å². The fraction of sp³-hybridized carbons (Fsp3) is 0.480. The molecule has 8 nitrogen and oxygen atoms in total. The molecule has 2 aromatic rings. The molecule has 0 spiro atoms. The molecule has 1 aliphatic heterocycles. The molecule has 3 rings (SSSR count). The number of nitrogens with zero attached hydrogens (tertiary/aromatic N) is 3. The summed E-state index contributed by atoms with van der Waals surface area (Å²) < 4.78 is 27.9. The highest BCUT2D eigenvalue weighted by Gasteiger charge is 2.28. The lowest BCUT2D eigenvalue weighted by molar-refractivity contribution is -0.129. The fourth-order valence-corrected chi connectivity index (χ4v) is 7.04. The van der Waals surface area contributed by atoms with Gasteiger partial charge in [0.05, 0.1) is 17.0 Å². The normalized spacial score (nSPS) is 13.7. The van der Waals surface area contributed by atoms with Crippen LogP contribution in [0, 0.1) is 23.2 Å². The van der Waals surface area contributed by atoms with E-state index in [1.807, 2.05) is 27.7 Å². The van der Waals surface area contributed by atoms with Crippen LogP contribution in [0.4, 0.5) is 5.00 Å². The molecule has 0 aliphatic carbocycles. The molecule has 0 radical (unpaired) electrons. The Bertz CT molecular complexity index is 1230. The van der Waals surface area contributed by atoms with Crippen LogP contribution in [0.3, 0.4) is 0 Å². The number of benzene rings is 1. The summed E-state index contributed by atoms with van der Waals surface area (Å²) in [5, 5.41) is 12.9. The van der Waals surface area contributed by atoms with E-state index in [1.165, 1.54) is 46.8 Å². The first-order valence-electron chi connectivity index (χ1n) is 11.7. The number of amides is 2. The molecule has 0 unspecified atom stereocenters. The monoisotopic (exact) mass is 516 g/mol. The van der Waals surface area contributed by atoms with Crippen molar-refractivity contribution in [1.29, 1.82) is 5.26 Å². The lowest BCUT2D eigenvalue weighted by Gasteiger charge is -2.25. The van der Waals surface area contributed by atoms with Gasteiger partial charge in [-0.3, -0.25) is 9.59 Å². The zero-order valence-electron chi connectivity index (χ0n) is 20.8. The second-order valence-corrected chi connectivity index (χ2v) is 12.6. The van der Waals surface area contributed by atoms with Gasteiger partial charge in [-0.25, -0.2) is 8.42 Å². The van der Waals surface area contributed by atoms with Gasteiger partial charge in [0.25, 0.3) is 5.91 Å². The van der Waals surface area contributed by atoms with E-state index in [0.717, 1.165) is 10.4 Å². The molecular weight excluding hydrogens is 484 g/mol. The van der Waals surface area contributed by atoms with Crippen LogP contribution in [0.25, 0.3) is 0 Å². The third-order valence-electron chi connectivity index (χ3n) is 5.73. The number of sulfonamides is 1. The predicted molar refractivity (Wildman–Crippen MR) is 137 cm³/mol. The number of nitriles is 1. The van der Waals surface area contributed by atoms with Gasteiger partial charge >= 0.3 is 0 Å². The summed E-state index contributed by atoms with van der Waals surface area (Å²) in [7, 11) is -3.69. The summed E-state index contributed by atoms with van der Waals surface area (Å²) in [6.07, 6.45) is 0.569. The Morgan fingerprint density at radius 2 is 1.74 bits per heavy atom. The number of fused-ring (bicyclic) bond motifs is 1. The summed E-state index contributed by atoms with van der Waals surface area (Å²) in [5.41, 5.74) is 1.60. The smallest absolute Gasteiger partial charge is 0.256 e. The van der Waals surface area contributed by atoms with Crippen LogP contribution >= 0.6 is 11.3 Å². The molecule has 10 heteroatoms. The highest BCUT2D eigenvalue weighted by atomic mass is 32.2. The minimum atomic E-state index is -3.69. The van der Waals surface area contributed by atoms with Crippen LogP contribution in [-0.4, -0.2) is 49.1 Å². The molecule has 188 valence electrons. The lowest BCUT2D eigenvalue weighted by Crippen LogP contribution is -2.37. The first-order valence-corrected chi connectivity index (χ1v) is 13.9. The van der Waals surface area contributed by atoms with Gasteiger partial charge in [0.1, 0.15) is 11.1 Å². The SMILES string of the molecule is CC(=O)N1CCc2c(sc(NC(=O)c3ccc(S(=O)(=O)N(CC(C)C)CC(C)C)cc3)c2C#N)C1.